The van der Waals surface area contributed by atoms with Crippen LogP contribution in [0.25, 0.3) is 0 Å². The van der Waals surface area contributed by atoms with E-state index in [0.29, 0.717) is 11.3 Å². The summed E-state index contributed by atoms with van der Waals surface area (Å²) in [7, 11) is 0. The Morgan fingerprint density at radius 1 is 1.16 bits per heavy atom. The van der Waals surface area contributed by atoms with Gasteiger partial charge in [-0.15, -0.1) is 0 Å². The first-order valence-electron chi connectivity index (χ1n) is 7.04. The van der Waals surface area contributed by atoms with Gasteiger partial charge in [0.15, 0.2) is 0 Å². The van der Waals surface area contributed by atoms with Crippen LogP contribution in [0.15, 0.2) is 18.2 Å². The van der Waals surface area contributed by atoms with Crippen LogP contribution in [0.2, 0.25) is 0 Å². The number of nitrogens with two attached hydrogens (primary N) is 2. The van der Waals surface area contributed by atoms with Gasteiger partial charge in [-0.2, -0.15) is 0 Å². The fraction of sp³-hybridized carbons (Fsp3) is 0.533. The van der Waals surface area contributed by atoms with Crippen LogP contribution in [-0.4, -0.2) is 19.0 Å². The molecule has 19 heavy (non-hydrogen) atoms. The Kier molecular flexibility index (Phi) is 6.19. The maximum atomic E-state index is 11.6. The minimum Gasteiger partial charge on any atom is -0.399 e. The van der Waals surface area contributed by atoms with Gasteiger partial charge in [-0.3, -0.25) is 4.79 Å². The van der Waals surface area contributed by atoms with Crippen LogP contribution < -0.4 is 16.4 Å². The van der Waals surface area contributed by atoms with E-state index in [0.717, 1.165) is 44.5 Å². The molecule has 4 nitrogen and oxygen atoms in total. The quantitative estimate of drug-likeness (QED) is 0.708. The molecule has 0 atom stereocenters. The third-order valence-electron chi connectivity index (χ3n) is 3.19. The van der Waals surface area contributed by atoms with Gasteiger partial charge in [0, 0.05) is 24.5 Å². The fourth-order valence-electron chi connectivity index (χ4n) is 2.08. The van der Waals surface area contributed by atoms with Crippen molar-refractivity contribution in [2.75, 3.05) is 23.7 Å². The maximum absolute atomic E-state index is 11.6. The molecule has 0 heterocycles. The minimum atomic E-state index is -0.416. The molecule has 0 radical (unpaired) electrons. The number of carbonyl (C=O) groups is 1. The summed E-state index contributed by atoms with van der Waals surface area (Å²) in [6.45, 7) is 6.22. The highest BCUT2D eigenvalue weighted by Gasteiger charge is 2.14. The van der Waals surface area contributed by atoms with Gasteiger partial charge in [-0.25, -0.2) is 0 Å². The summed E-state index contributed by atoms with van der Waals surface area (Å²) in [5.41, 5.74) is 13.2. The molecule has 0 bridgehead atoms. The van der Waals surface area contributed by atoms with Crippen molar-refractivity contribution < 1.29 is 4.79 Å². The highest BCUT2D eigenvalue weighted by Crippen LogP contribution is 2.24. The SMILES string of the molecule is CCCCN(CCCC)c1ccc(N)cc1C(N)=O. The lowest BCUT2D eigenvalue weighted by Crippen LogP contribution is -2.28. The van der Waals surface area contributed by atoms with Gasteiger partial charge in [0.2, 0.25) is 0 Å². The predicted octanol–water partition coefficient (Wildman–Crippen LogP) is 2.77. The van der Waals surface area contributed by atoms with Crippen LogP contribution in [0, 0.1) is 0 Å². The molecule has 0 unspecified atom stereocenters. The van der Waals surface area contributed by atoms with Gasteiger partial charge >= 0.3 is 0 Å². The van der Waals surface area contributed by atoms with E-state index in [1.54, 1.807) is 6.07 Å². The van der Waals surface area contributed by atoms with Crippen LogP contribution in [0.5, 0.6) is 0 Å². The van der Waals surface area contributed by atoms with E-state index < -0.39 is 5.91 Å². The molecular weight excluding hydrogens is 238 g/mol. The maximum Gasteiger partial charge on any atom is 0.250 e. The predicted molar refractivity (Wildman–Crippen MR) is 81.4 cm³/mol. The van der Waals surface area contributed by atoms with Crippen LogP contribution in [0.4, 0.5) is 11.4 Å². The standard InChI is InChI=1S/C15H25N3O/c1-3-5-9-18(10-6-4-2)14-8-7-12(16)11-13(14)15(17)19/h7-8,11H,3-6,9-10,16H2,1-2H3,(H2,17,19). The molecule has 1 aromatic carbocycles. The summed E-state index contributed by atoms with van der Waals surface area (Å²) in [6.07, 6.45) is 4.46. The third-order valence-corrected chi connectivity index (χ3v) is 3.19. The molecule has 0 saturated heterocycles. The summed E-state index contributed by atoms with van der Waals surface area (Å²) >= 11 is 0. The van der Waals surface area contributed by atoms with Crippen LogP contribution in [-0.2, 0) is 0 Å². The van der Waals surface area contributed by atoms with E-state index in [9.17, 15) is 4.79 Å². The molecule has 0 aliphatic carbocycles. The Bertz CT molecular complexity index is 410. The Balaban J connectivity index is 3.02. The first kappa shape index (κ1) is 15.3. The molecule has 0 aliphatic heterocycles. The normalized spacial score (nSPS) is 10.4. The number of rotatable bonds is 8. The number of hydrogen-bond donors (Lipinski definition) is 2. The molecule has 0 spiro atoms. The average Bonchev–Trinajstić information content (AvgIpc) is 2.39. The summed E-state index contributed by atoms with van der Waals surface area (Å²) in [5.74, 6) is -0.416. The third kappa shape index (κ3) is 4.47. The number of nitrogens with zero attached hydrogens (tertiary/aromatic N) is 1. The number of unbranched alkanes of at least 4 members (excludes halogenated alkanes) is 2. The second-order valence-electron chi connectivity index (χ2n) is 4.83. The lowest BCUT2D eigenvalue weighted by Gasteiger charge is -2.26. The minimum absolute atomic E-state index is 0.416. The average molecular weight is 263 g/mol. The lowest BCUT2D eigenvalue weighted by molar-refractivity contribution is 0.100. The lowest BCUT2D eigenvalue weighted by atomic mass is 10.1. The molecule has 0 fully saturated rings. The highest BCUT2D eigenvalue weighted by atomic mass is 16.1. The van der Waals surface area contributed by atoms with E-state index in [2.05, 4.69) is 18.7 Å². The smallest absolute Gasteiger partial charge is 0.250 e. The van der Waals surface area contributed by atoms with Gasteiger partial charge in [0.05, 0.1) is 5.56 Å². The van der Waals surface area contributed by atoms with Gasteiger partial charge in [-0.1, -0.05) is 26.7 Å². The molecule has 0 aromatic heterocycles. The molecule has 1 rings (SSSR count). The van der Waals surface area contributed by atoms with Crippen LogP contribution in [0.3, 0.4) is 0 Å². The molecule has 1 amide bonds. The van der Waals surface area contributed by atoms with E-state index in [4.69, 9.17) is 11.5 Å². The van der Waals surface area contributed by atoms with Gasteiger partial charge < -0.3 is 16.4 Å². The van der Waals surface area contributed by atoms with Crippen molar-refractivity contribution in [3.63, 3.8) is 0 Å². The van der Waals surface area contributed by atoms with Crippen molar-refractivity contribution in [2.45, 2.75) is 39.5 Å². The molecule has 106 valence electrons. The second kappa shape index (κ2) is 7.67. The number of primary amides is 1. The largest absolute Gasteiger partial charge is 0.399 e. The summed E-state index contributed by atoms with van der Waals surface area (Å²) < 4.78 is 0. The molecule has 0 aliphatic rings. The van der Waals surface area contributed by atoms with Gasteiger partial charge in [0.25, 0.3) is 5.91 Å². The summed E-state index contributed by atoms with van der Waals surface area (Å²) in [4.78, 5) is 13.8. The number of carbonyl (C=O) groups excluding carboxylic acids is 1. The van der Waals surface area contributed by atoms with Gasteiger partial charge in [0.1, 0.15) is 0 Å². The first-order chi connectivity index (χ1) is 9.10. The Morgan fingerprint density at radius 2 is 1.74 bits per heavy atom. The van der Waals surface area contributed by atoms with Crippen molar-refractivity contribution in [2.24, 2.45) is 5.73 Å². The zero-order valence-electron chi connectivity index (χ0n) is 12.0. The fourth-order valence-corrected chi connectivity index (χ4v) is 2.08. The number of nitrogen functional groups attached to an aromatic ring is 1. The van der Waals surface area contributed by atoms with E-state index in [1.807, 2.05) is 12.1 Å². The van der Waals surface area contributed by atoms with Crippen molar-refractivity contribution in [3.05, 3.63) is 23.8 Å². The molecule has 0 saturated carbocycles. The van der Waals surface area contributed by atoms with Gasteiger partial charge in [-0.05, 0) is 31.0 Å². The Labute approximate surface area is 115 Å². The number of benzene rings is 1. The number of anilines is 2. The Hall–Kier alpha value is -1.71. The van der Waals surface area contributed by atoms with Crippen molar-refractivity contribution in [1.29, 1.82) is 0 Å². The second-order valence-corrected chi connectivity index (χ2v) is 4.83. The monoisotopic (exact) mass is 263 g/mol. The number of hydrogen-bond acceptors (Lipinski definition) is 3. The van der Waals surface area contributed by atoms with Crippen molar-refractivity contribution in [3.8, 4) is 0 Å². The summed E-state index contributed by atoms with van der Waals surface area (Å²) in [5, 5.41) is 0. The van der Waals surface area contributed by atoms with Crippen LogP contribution in [0.1, 0.15) is 49.9 Å². The topological polar surface area (TPSA) is 72.3 Å². The molecular formula is C15H25N3O. The van der Waals surface area contributed by atoms with Crippen molar-refractivity contribution >= 4 is 17.3 Å². The number of amides is 1. The zero-order valence-corrected chi connectivity index (χ0v) is 12.0. The van der Waals surface area contributed by atoms with E-state index in [1.165, 1.54) is 0 Å². The van der Waals surface area contributed by atoms with E-state index in [-0.39, 0.29) is 0 Å². The molecule has 1 aromatic rings. The van der Waals surface area contributed by atoms with E-state index >= 15 is 0 Å². The molecule has 4 heteroatoms. The van der Waals surface area contributed by atoms with Crippen molar-refractivity contribution in [1.82, 2.24) is 0 Å². The van der Waals surface area contributed by atoms with Crippen LogP contribution >= 0.6 is 0 Å². The first-order valence-corrected chi connectivity index (χ1v) is 7.04. The Morgan fingerprint density at radius 3 is 2.21 bits per heavy atom. The highest BCUT2D eigenvalue weighted by molar-refractivity contribution is 5.99. The molecule has 4 N–H and O–H groups in total. The summed E-state index contributed by atoms with van der Waals surface area (Å²) in [6, 6.07) is 5.40. The zero-order chi connectivity index (χ0) is 14.3.